The van der Waals surface area contributed by atoms with Crippen molar-refractivity contribution in [1.82, 2.24) is 13.9 Å². The Bertz CT molecular complexity index is 764. The van der Waals surface area contributed by atoms with Crippen LogP contribution in [0.5, 0.6) is 0 Å². The van der Waals surface area contributed by atoms with E-state index in [0.717, 1.165) is 15.7 Å². The lowest BCUT2D eigenvalue weighted by Crippen LogP contribution is -2.57. The zero-order valence-electron chi connectivity index (χ0n) is 10.7. The summed E-state index contributed by atoms with van der Waals surface area (Å²) in [6.07, 6.45) is -2.20. The fraction of sp³-hybridized carbons (Fsp3) is 0.385. The van der Waals surface area contributed by atoms with E-state index in [9.17, 15) is 19.8 Å². The molecule has 1 aliphatic carbocycles. The number of hydrogen-bond donors (Lipinski definition) is 2. The highest BCUT2D eigenvalue weighted by Gasteiger charge is 2.51. The van der Waals surface area contributed by atoms with Crippen molar-refractivity contribution in [3.63, 3.8) is 0 Å². The molecule has 0 spiro atoms. The molecule has 0 fully saturated rings. The van der Waals surface area contributed by atoms with Crippen molar-refractivity contribution in [1.29, 1.82) is 0 Å². The average Bonchev–Trinajstić information content (AvgIpc) is 2.68. The van der Waals surface area contributed by atoms with Gasteiger partial charge < -0.3 is 10.2 Å². The molecule has 2 aromatic rings. The molecule has 5 rings (SSSR count). The van der Waals surface area contributed by atoms with Crippen molar-refractivity contribution < 1.29 is 10.2 Å². The highest BCUT2D eigenvalue weighted by molar-refractivity contribution is 5.40. The summed E-state index contributed by atoms with van der Waals surface area (Å²) in [4.78, 5) is 24.4. The van der Waals surface area contributed by atoms with Crippen LogP contribution < -0.4 is 11.4 Å². The second kappa shape index (κ2) is 3.50. The smallest absolute Gasteiger partial charge is 0.347 e. The first-order chi connectivity index (χ1) is 9.54. The first-order valence-electron chi connectivity index (χ1n) is 6.39. The predicted molar refractivity (Wildman–Crippen MR) is 68.7 cm³/mol. The van der Waals surface area contributed by atoms with Crippen molar-refractivity contribution in [2.75, 3.05) is 0 Å². The summed E-state index contributed by atoms with van der Waals surface area (Å²) in [5.74, 6) is 0. The molecular weight excluding hydrogens is 262 g/mol. The molecule has 7 nitrogen and oxygen atoms in total. The zero-order chi connectivity index (χ0) is 14.2. The van der Waals surface area contributed by atoms with Gasteiger partial charge in [-0.25, -0.2) is 23.5 Å². The SMILES string of the molecule is Cn1c(=O)n2n(c1=O)[C@H]1c3ccccc3[C@@H]2[C@H](O)[C@@H]1O. The van der Waals surface area contributed by atoms with Gasteiger partial charge in [0.1, 0.15) is 24.3 Å². The first-order valence-corrected chi connectivity index (χ1v) is 6.39. The van der Waals surface area contributed by atoms with E-state index >= 15 is 0 Å². The summed E-state index contributed by atoms with van der Waals surface area (Å²) in [7, 11) is 1.39. The van der Waals surface area contributed by atoms with Gasteiger partial charge in [-0.1, -0.05) is 24.3 Å². The van der Waals surface area contributed by atoms with Crippen LogP contribution in [0.25, 0.3) is 0 Å². The van der Waals surface area contributed by atoms with Crippen molar-refractivity contribution in [2.45, 2.75) is 24.3 Å². The van der Waals surface area contributed by atoms with Gasteiger partial charge in [-0.05, 0) is 11.1 Å². The summed E-state index contributed by atoms with van der Waals surface area (Å²) in [6, 6.07) is 5.80. The molecule has 0 radical (unpaired) electrons. The molecule has 4 atom stereocenters. The molecule has 3 aliphatic rings. The minimum Gasteiger partial charge on any atom is -0.388 e. The second-order valence-corrected chi connectivity index (χ2v) is 5.31. The van der Waals surface area contributed by atoms with E-state index in [4.69, 9.17) is 0 Å². The summed E-state index contributed by atoms with van der Waals surface area (Å²) in [6.45, 7) is 0. The molecule has 7 heteroatoms. The Morgan fingerprint density at radius 3 is 1.70 bits per heavy atom. The summed E-state index contributed by atoms with van der Waals surface area (Å²) in [5.41, 5.74) is 0.599. The number of benzene rings is 1. The highest BCUT2D eigenvalue weighted by atomic mass is 16.3. The van der Waals surface area contributed by atoms with Gasteiger partial charge in [0.2, 0.25) is 0 Å². The maximum atomic E-state index is 12.2. The van der Waals surface area contributed by atoms with Crippen LogP contribution in [0.1, 0.15) is 23.2 Å². The van der Waals surface area contributed by atoms with Gasteiger partial charge in [-0.2, -0.15) is 0 Å². The van der Waals surface area contributed by atoms with Crippen LogP contribution in [0.4, 0.5) is 0 Å². The molecule has 3 heterocycles. The Hall–Kier alpha value is -2.12. The molecular formula is C13H13N3O4. The van der Waals surface area contributed by atoms with Crippen molar-refractivity contribution in [3.8, 4) is 0 Å². The van der Waals surface area contributed by atoms with Gasteiger partial charge in [-0.15, -0.1) is 0 Å². The molecule has 1 aromatic carbocycles. The molecule has 2 aliphatic heterocycles. The molecule has 0 saturated carbocycles. The molecule has 1 aromatic heterocycles. The Kier molecular flexibility index (Phi) is 2.04. The van der Waals surface area contributed by atoms with E-state index in [1.54, 1.807) is 0 Å². The maximum Gasteiger partial charge on any atom is 0.347 e. The lowest BCUT2D eigenvalue weighted by atomic mass is 9.78. The Balaban J connectivity index is 2.17. The van der Waals surface area contributed by atoms with Gasteiger partial charge in [0, 0.05) is 7.05 Å². The van der Waals surface area contributed by atoms with Crippen LogP contribution in [-0.2, 0) is 7.05 Å². The first kappa shape index (κ1) is 11.7. The normalized spacial score (nSPS) is 30.1. The zero-order valence-corrected chi connectivity index (χ0v) is 10.7. The number of aromatic nitrogens is 3. The number of aliphatic hydroxyl groups is 2. The molecule has 0 amide bonds. The van der Waals surface area contributed by atoms with Crippen LogP contribution in [0, 0.1) is 0 Å². The van der Waals surface area contributed by atoms with Crippen molar-refractivity contribution in [2.24, 2.45) is 7.05 Å². The monoisotopic (exact) mass is 275 g/mol. The molecule has 0 unspecified atom stereocenters. The van der Waals surface area contributed by atoms with E-state index < -0.39 is 35.7 Å². The van der Waals surface area contributed by atoms with Crippen LogP contribution in [0.2, 0.25) is 0 Å². The van der Waals surface area contributed by atoms with E-state index in [1.807, 2.05) is 24.3 Å². The van der Waals surface area contributed by atoms with Gasteiger partial charge in [-0.3, -0.25) is 0 Å². The third kappa shape index (κ3) is 1.09. The number of rotatable bonds is 0. The Morgan fingerprint density at radius 1 is 0.900 bits per heavy atom. The van der Waals surface area contributed by atoms with Crippen molar-refractivity contribution >= 4 is 0 Å². The minimum atomic E-state index is -1.10. The molecule has 104 valence electrons. The van der Waals surface area contributed by atoms with Gasteiger partial charge >= 0.3 is 11.4 Å². The summed E-state index contributed by atoms with van der Waals surface area (Å²) >= 11 is 0. The minimum absolute atomic E-state index is 0.481. The van der Waals surface area contributed by atoms with Crippen molar-refractivity contribution in [3.05, 3.63) is 56.4 Å². The van der Waals surface area contributed by atoms with Crippen LogP contribution >= 0.6 is 0 Å². The van der Waals surface area contributed by atoms with Gasteiger partial charge in [0.15, 0.2) is 0 Å². The summed E-state index contributed by atoms with van der Waals surface area (Å²) < 4.78 is 3.51. The van der Waals surface area contributed by atoms with Crippen LogP contribution in [0.3, 0.4) is 0 Å². The van der Waals surface area contributed by atoms with E-state index in [-0.39, 0.29) is 0 Å². The standard InChI is InChI=1S/C13H13N3O4/c1-14-12(19)15-8-6-4-2-3-5-7(6)9(11(18)10(8)17)16(15)13(14)20/h2-5,8-11,17-18H,1H3/t8-,9+,10+,11-. The van der Waals surface area contributed by atoms with E-state index in [2.05, 4.69) is 0 Å². The Labute approximate surface area is 112 Å². The van der Waals surface area contributed by atoms with E-state index in [0.29, 0.717) is 0 Å². The second-order valence-electron chi connectivity index (χ2n) is 5.31. The largest absolute Gasteiger partial charge is 0.388 e. The third-order valence-corrected chi connectivity index (χ3v) is 4.36. The van der Waals surface area contributed by atoms with Gasteiger partial charge in [0.05, 0.1) is 0 Å². The highest BCUT2D eigenvalue weighted by Crippen LogP contribution is 2.43. The third-order valence-electron chi connectivity index (χ3n) is 4.36. The maximum absolute atomic E-state index is 12.2. The fourth-order valence-corrected chi connectivity index (χ4v) is 3.42. The lowest BCUT2D eigenvalue weighted by Gasteiger charge is -2.45. The van der Waals surface area contributed by atoms with Crippen LogP contribution in [0.15, 0.2) is 33.9 Å². The molecule has 0 saturated heterocycles. The topological polar surface area (TPSA) is 89.4 Å². The summed E-state index contributed by atoms with van der Waals surface area (Å²) in [5, 5.41) is 20.5. The number of nitrogens with zero attached hydrogens (tertiary/aromatic N) is 3. The number of aliphatic hydroxyl groups excluding tert-OH is 2. The predicted octanol–water partition coefficient (Wildman–Crippen LogP) is -1.42. The molecule has 20 heavy (non-hydrogen) atoms. The van der Waals surface area contributed by atoms with Crippen LogP contribution in [-0.4, -0.2) is 36.4 Å². The fourth-order valence-electron chi connectivity index (χ4n) is 3.42. The molecule has 2 N–H and O–H groups in total. The average molecular weight is 275 g/mol. The lowest BCUT2D eigenvalue weighted by molar-refractivity contribution is -0.0711. The number of hydrogen-bond acceptors (Lipinski definition) is 4. The quantitative estimate of drug-likeness (QED) is 0.617. The van der Waals surface area contributed by atoms with E-state index in [1.165, 1.54) is 16.4 Å². The van der Waals surface area contributed by atoms with Gasteiger partial charge in [0.25, 0.3) is 0 Å². The number of fused-ring (bicyclic) bond motifs is 1. The molecule has 2 bridgehead atoms. The Morgan fingerprint density at radius 2 is 1.30 bits per heavy atom.